The van der Waals surface area contributed by atoms with Crippen molar-refractivity contribution in [3.05, 3.63) is 65.0 Å². The van der Waals surface area contributed by atoms with Crippen LogP contribution in [0.3, 0.4) is 0 Å². The molecule has 0 unspecified atom stereocenters. The van der Waals surface area contributed by atoms with Crippen molar-refractivity contribution in [3.63, 3.8) is 0 Å². The molecule has 2 aliphatic rings. The molecule has 3 heterocycles. The Kier molecular flexibility index (Phi) is 4.84. The zero-order valence-electron chi connectivity index (χ0n) is 16.9. The van der Waals surface area contributed by atoms with E-state index in [0.29, 0.717) is 35.7 Å². The summed E-state index contributed by atoms with van der Waals surface area (Å²) in [6.45, 7) is 2.62. The molecule has 1 saturated heterocycles. The lowest BCUT2D eigenvalue weighted by molar-refractivity contribution is 0.0516. The van der Waals surface area contributed by atoms with Crippen LogP contribution < -0.4 is 0 Å². The largest absolute Gasteiger partial charge is 0.369 e. The maximum atomic E-state index is 13.0. The van der Waals surface area contributed by atoms with Crippen LogP contribution >= 0.6 is 0 Å². The van der Waals surface area contributed by atoms with E-state index in [1.807, 2.05) is 30.3 Å². The van der Waals surface area contributed by atoms with Gasteiger partial charge in [0, 0.05) is 6.04 Å². The number of imide groups is 1. The molecular formula is C23H24N4O3. The van der Waals surface area contributed by atoms with Gasteiger partial charge in [0.1, 0.15) is 12.4 Å². The standard InChI is InChI=1S/C23H24N4O3/c1-26-9-7-16(8-10-26)27-22(28)17-11-19-20(12-18(17)23(27)29)25-21(24-19)14-30-13-15-5-3-2-4-6-15/h2-6,11-12,16H,7-10,13-14H2,1H3,(H,24,25). The minimum absolute atomic E-state index is 0.0261. The molecule has 7 heteroatoms. The monoisotopic (exact) mass is 404 g/mol. The number of fused-ring (bicyclic) bond motifs is 2. The topological polar surface area (TPSA) is 78.5 Å². The van der Waals surface area contributed by atoms with Crippen LogP contribution in [0.15, 0.2) is 42.5 Å². The molecule has 30 heavy (non-hydrogen) atoms. The van der Waals surface area contributed by atoms with E-state index < -0.39 is 0 Å². The van der Waals surface area contributed by atoms with Gasteiger partial charge < -0.3 is 14.6 Å². The van der Waals surface area contributed by atoms with Gasteiger partial charge in [0.15, 0.2) is 0 Å². The van der Waals surface area contributed by atoms with Crippen molar-refractivity contribution in [2.24, 2.45) is 0 Å². The summed E-state index contributed by atoms with van der Waals surface area (Å²) in [5, 5.41) is 0. The number of benzene rings is 2. The first-order chi connectivity index (χ1) is 14.6. The molecular weight excluding hydrogens is 380 g/mol. The first kappa shape index (κ1) is 19.0. The van der Waals surface area contributed by atoms with Gasteiger partial charge in [0.2, 0.25) is 0 Å². The SMILES string of the molecule is CN1CCC(N2C(=O)c3cc4nc(COCc5ccccc5)[nH]c4cc3C2=O)CC1. The molecule has 7 nitrogen and oxygen atoms in total. The summed E-state index contributed by atoms with van der Waals surface area (Å²) in [6.07, 6.45) is 1.64. The van der Waals surface area contributed by atoms with E-state index in [0.717, 1.165) is 37.0 Å². The maximum absolute atomic E-state index is 13.0. The zero-order valence-corrected chi connectivity index (χ0v) is 16.9. The molecule has 2 aromatic carbocycles. The average Bonchev–Trinajstić information content (AvgIpc) is 3.26. The van der Waals surface area contributed by atoms with Gasteiger partial charge in [-0.1, -0.05) is 30.3 Å². The molecule has 5 rings (SSSR count). The molecule has 0 bridgehead atoms. The van der Waals surface area contributed by atoms with Crippen LogP contribution in [0, 0.1) is 0 Å². The summed E-state index contributed by atoms with van der Waals surface area (Å²) in [6, 6.07) is 13.4. The smallest absolute Gasteiger partial charge is 0.261 e. The number of imidazole rings is 1. The van der Waals surface area contributed by atoms with E-state index in [1.54, 1.807) is 12.1 Å². The van der Waals surface area contributed by atoms with Crippen molar-refractivity contribution in [1.29, 1.82) is 0 Å². The highest BCUT2D eigenvalue weighted by Crippen LogP contribution is 2.31. The number of hydrogen-bond acceptors (Lipinski definition) is 5. The summed E-state index contributed by atoms with van der Waals surface area (Å²) in [5.74, 6) is 0.288. The zero-order chi connectivity index (χ0) is 20.7. The van der Waals surface area contributed by atoms with Crippen LogP contribution in [0.1, 0.15) is 44.9 Å². The fourth-order valence-corrected chi connectivity index (χ4v) is 4.31. The number of hydrogen-bond donors (Lipinski definition) is 1. The van der Waals surface area contributed by atoms with E-state index >= 15 is 0 Å². The van der Waals surface area contributed by atoms with Gasteiger partial charge in [-0.05, 0) is 50.7 Å². The molecule has 0 saturated carbocycles. The minimum Gasteiger partial charge on any atom is -0.369 e. The molecule has 2 amide bonds. The highest BCUT2D eigenvalue weighted by Gasteiger charge is 2.41. The third-order valence-corrected chi connectivity index (χ3v) is 5.97. The van der Waals surface area contributed by atoms with Gasteiger partial charge in [-0.25, -0.2) is 4.98 Å². The molecule has 0 atom stereocenters. The summed E-state index contributed by atoms with van der Waals surface area (Å²) >= 11 is 0. The number of amides is 2. The summed E-state index contributed by atoms with van der Waals surface area (Å²) in [5.41, 5.74) is 3.44. The number of carbonyl (C=O) groups is 2. The van der Waals surface area contributed by atoms with Gasteiger partial charge in [-0.15, -0.1) is 0 Å². The van der Waals surface area contributed by atoms with Crippen molar-refractivity contribution in [2.45, 2.75) is 32.1 Å². The Hall–Kier alpha value is -3.03. The van der Waals surface area contributed by atoms with Crippen LogP contribution in [-0.4, -0.2) is 57.8 Å². The Morgan fingerprint density at radius 3 is 2.47 bits per heavy atom. The van der Waals surface area contributed by atoms with Crippen molar-refractivity contribution in [3.8, 4) is 0 Å². The fraction of sp³-hybridized carbons (Fsp3) is 0.348. The number of nitrogens with one attached hydrogen (secondary N) is 1. The molecule has 2 aliphatic heterocycles. The van der Waals surface area contributed by atoms with E-state index in [4.69, 9.17) is 4.74 Å². The van der Waals surface area contributed by atoms with Crippen molar-refractivity contribution >= 4 is 22.8 Å². The lowest BCUT2D eigenvalue weighted by Crippen LogP contribution is -2.46. The Morgan fingerprint density at radius 1 is 1.03 bits per heavy atom. The van der Waals surface area contributed by atoms with E-state index in [2.05, 4.69) is 21.9 Å². The van der Waals surface area contributed by atoms with Gasteiger partial charge in [-0.2, -0.15) is 0 Å². The number of piperidine rings is 1. The normalized spacial score (nSPS) is 17.8. The molecule has 3 aromatic rings. The second-order valence-electron chi connectivity index (χ2n) is 8.09. The van der Waals surface area contributed by atoms with Gasteiger partial charge >= 0.3 is 0 Å². The molecule has 1 fully saturated rings. The Bertz CT molecular complexity index is 1050. The lowest BCUT2D eigenvalue weighted by atomic mass is 10.0. The quantitative estimate of drug-likeness (QED) is 0.662. The number of nitrogens with zero attached hydrogens (tertiary/aromatic N) is 3. The molecule has 0 aliphatic carbocycles. The highest BCUT2D eigenvalue weighted by molar-refractivity contribution is 6.23. The van der Waals surface area contributed by atoms with Crippen molar-refractivity contribution in [1.82, 2.24) is 19.8 Å². The Morgan fingerprint density at radius 2 is 1.73 bits per heavy atom. The van der Waals surface area contributed by atoms with Crippen LogP contribution in [0.2, 0.25) is 0 Å². The molecule has 0 radical (unpaired) electrons. The van der Waals surface area contributed by atoms with E-state index in [-0.39, 0.29) is 17.9 Å². The number of ether oxygens (including phenoxy) is 1. The second kappa shape index (κ2) is 7.66. The summed E-state index contributed by atoms with van der Waals surface area (Å²) < 4.78 is 5.74. The second-order valence-corrected chi connectivity index (χ2v) is 8.09. The lowest BCUT2D eigenvalue weighted by Gasteiger charge is -2.33. The van der Waals surface area contributed by atoms with Gasteiger partial charge in [-0.3, -0.25) is 14.5 Å². The third kappa shape index (κ3) is 3.40. The van der Waals surface area contributed by atoms with Gasteiger partial charge in [0.25, 0.3) is 11.8 Å². The molecule has 0 spiro atoms. The first-order valence-corrected chi connectivity index (χ1v) is 10.3. The maximum Gasteiger partial charge on any atom is 0.261 e. The number of rotatable bonds is 5. The Balaban J connectivity index is 1.33. The number of aromatic amines is 1. The van der Waals surface area contributed by atoms with Gasteiger partial charge in [0.05, 0.1) is 28.8 Å². The van der Waals surface area contributed by atoms with Crippen molar-refractivity contribution in [2.75, 3.05) is 20.1 Å². The van der Waals surface area contributed by atoms with Crippen molar-refractivity contribution < 1.29 is 14.3 Å². The number of carbonyl (C=O) groups excluding carboxylic acids is 2. The third-order valence-electron chi connectivity index (χ3n) is 5.97. The summed E-state index contributed by atoms with van der Waals surface area (Å²) in [4.78, 5) is 37.5. The fourth-order valence-electron chi connectivity index (χ4n) is 4.31. The van der Waals surface area contributed by atoms with Crippen LogP contribution in [-0.2, 0) is 18.0 Å². The van der Waals surface area contributed by atoms with E-state index in [1.165, 1.54) is 4.90 Å². The molecule has 154 valence electrons. The number of H-pyrrole nitrogens is 1. The average molecular weight is 404 g/mol. The first-order valence-electron chi connectivity index (χ1n) is 10.3. The predicted molar refractivity (Wildman–Crippen MR) is 112 cm³/mol. The van der Waals surface area contributed by atoms with E-state index in [9.17, 15) is 9.59 Å². The summed E-state index contributed by atoms with van der Waals surface area (Å²) in [7, 11) is 2.06. The molecule has 1 aromatic heterocycles. The van der Waals surface area contributed by atoms with Crippen LogP contribution in [0.25, 0.3) is 11.0 Å². The predicted octanol–water partition coefficient (Wildman–Crippen LogP) is 2.97. The Labute approximate surface area is 174 Å². The number of likely N-dealkylation sites (tertiary alicyclic amines) is 1. The molecule has 1 N–H and O–H groups in total. The highest BCUT2D eigenvalue weighted by atomic mass is 16.5. The van der Waals surface area contributed by atoms with Crippen LogP contribution in [0.4, 0.5) is 0 Å². The van der Waals surface area contributed by atoms with Crippen LogP contribution in [0.5, 0.6) is 0 Å². The number of aromatic nitrogens is 2. The minimum atomic E-state index is -0.198.